The van der Waals surface area contributed by atoms with Crippen LogP contribution in [0.25, 0.3) is 0 Å². The molecule has 3 rings (SSSR count). The summed E-state index contributed by atoms with van der Waals surface area (Å²) in [5.41, 5.74) is 1.92. The normalized spacial score (nSPS) is 10.7. The molecule has 0 unspecified atom stereocenters. The Kier molecular flexibility index (Phi) is 4.63. The van der Waals surface area contributed by atoms with Crippen LogP contribution in [0.4, 0.5) is 5.13 Å². The first-order valence-electron chi connectivity index (χ1n) is 6.93. The van der Waals surface area contributed by atoms with Crippen LogP contribution in [0.2, 0.25) is 0 Å². The Balaban J connectivity index is 1.62. The van der Waals surface area contributed by atoms with Gasteiger partial charge in [0.05, 0.1) is 0 Å². The summed E-state index contributed by atoms with van der Waals surface area (Å²) in [5.74, 6) is -0.281. The van der Waals surface area contributed by atoms with Crippen molar-refractivity contribution < 1.29 is 4.79 Å². The van der Waals surface area contributed by atoms with Crippen LogP contribution in [0.3, 0.4) is 0 Å². The van der Waals surface area contributed by atoms with Gasteiger partial charge in [-0.1, -0.05) is 53.0 Å². The monoisotopic (exact) mass is 346 g/mol. The number of hydrogen-bond donors (Lipinski definition) is 1. The maximum Gasteiger partial charge on any atom is 0.307 e. The van der Waals surface area contributed by atoms with Crippen LogP contribution in [-0.4, -0.2) is 20.7 Å². The van der Waals surface area contributed by atoms with E-state index in [4.69, 9.17) is 0 Å². The van der Waals surface area contributed by atoms with Gasteiger partial charge in [-0.05, 0) is 12.5 Å². The Hall–Kier alpha value is -2.32. The van der Waals surface area contributed by atoms with E-state index in [0.29, 0.717) is 11.6 Å². The van der Waals surface area contributed by atoms with E-state index < -0.39 is 0 Å². The highest BCUT2D eigenvalue weighted by atomic mass is 32.1. The number of carbonyl (C=O) groups excluding carboxylic acids is 1. The van der Waals surface area contributed by atoms with Crippen LogP contribution in [-0.2, 0) is 17.8 Å². The van der Waals surface area contributed by atoms with E-state index >= 15 is 0 Å². The third kappa shape index (κ3) is 3.91. The Bertz CT molecular complexity index is 867. The first kappa shape index (κ1) is 15.6. The van der Waals surface area contributed by atoms with Gasteiger partial charge in [0, 0.05) is 17.5 Å². The van der Waals surface area contributed by atoms with Crippen molar-refractivity contribution in [3.63, 3.8) is 0 Å². The molecule has 0 aliphatic rings. The summed E-state index contributed by atoms with van der Waals surface area (Å²) in [4.78, 5) is 23.5. The second-order valence-corrected chi connectivity index (χ2v) is 6.82. The number of carbonyl (C=O) groups is 1. The molecule has 3 aromatic rings. The van der Waals surface area contributed by atoms with Crippen molar-refractivity contribution in [1.82, 2.24) is 14.8 Å². The van der Waals surface area contributed by atoms with E-state index in [-0.39, 0.29) is 17.3 Å². The zero-order valence-electron chi connectivity index (χ0n) is 12.4. The number of nitrogens with zero attached hydrogens (tertiary/aromatic N) is 3. The zero-order chi connectivity index (χ0) is 16.2. The molecule has 0 saturated heterocycles. The van der Waals surface area contributed by atoms with E-state index in [1.165, 1.54) is 15.9 Å². The first-order chi connectivity index (χ1) is 11.1. The number of nitrogens with one attached hydrogen (secondary N) is 1. The summed E-state index contributed by atoms with van der Waals surface area (Å²) in [6.45, 7) is 1.79. The fourth-order valence-corrected chi connectivity index (χ4v) is 3.57. The molecular formula is C15H14N4O2S2. The summed E-state index contributed by atoms with van der Waals surface area (Å²) in [5, 5.41) is 13.8. The molecule has 0 radical (unpaired) electrons. The number of aromatic nitrogens is 3. The lowest BCUT2D eigenvalue weighted by atomic mass is 10.2. The molecule has 0 saturated carbocycles. The van der Waals surface area contributed by atoms with Gasteiger partial charge < -0.3 is 0 Å². The number of hydrogen-bond acceptors (Lipinski definition) is 6. The Morgan fingerprint density at radius 3 is 2.74 bits per heavy atom. The minimum atomic E-state index is -0.281. The Morgan fingerprint density at radius 2 is 2.04 bits per heavy atom. The lowest BCUT2D eigenvalue weighted by Gasteiger charge is -2.03. The molecule has 0 aliphatic heterocycles. The molecule has 0 atom stereocenters. The predicted molar refractivity (Wildman–Crippen MR) is 91.1 cm³/mol. The molecule has 6 nitrogen and oxygen atoms in total. The standard InChI is InChI=1S/C15H14N4O2S2/c1-10-9-22-15(21)19(10)8-12(20)16-14-18-17-13(23-14)7-11-5-3-2-4-6-11/h2-6,9H,7-8H2,1H3,(H,16,18,20). The summed E-state index contributed by atoms with van der Waals surface area (Å²) in [6, 6.07) is 9.94. The zero-order valence-corrected chi connectivity index (χ0v) is 14.0. The van der Waals surface area contributed by atoms with Crippen molar-refractivity contribution in [3.05, 3.63) is 61.6 Å². The van der Waals surface area contributed by atoms with Crippen molar-refractivity contribution in [2.45, 2.75) is 19.9 Å². The number of amides is 1. The molecule has 1 aromatic carbocycles. The lowest BCUT2D eigenvalue weighted by Crippen LogP contribution is -2.25. The quantitative estimate of drug-likeness (QED) is 0.769. The summed E-state index contributed by atoms with van der Waals surface area (Å²) in [7, 11) is 0. The third-order valence-electron chi connectivity index (χ3n) is 3.19. The van der Waals surface area contributed by atoms with Gasteiger partial charge in [-0.15, -0.1) is 10.2 Å². The molecule has 0 spiro atoms. The van der Waals surface area contributed by atoms with Crippen molar-refractivity contribution in [2.75, 3.05) is 5.32 Å². The molecule has 23 heavy (non-hydrogen) atoms. The van der Waals surface area contributed by atoms with Gasteiger partial charge >= 0.3 is 4.87 Å². The Labute approximate surface area is 140 Å². The highest BCUT2D eigenvalue weighted by Gasteiger charge is 2.11. The third-order valence-corrected chi connectivity index (χ3v) is 4.91. The van der Waals surface area contributed by atoms with Crippen molar-refractivity contribution in [3.8, 4) is 0 Å². The summed E-state index contributed by atoms with van der Waals surface area (Å²) in [6.07, 6.45) is 0.678. The van der Waals surface area contributed by atoms with Crippen LogP contribution < -0.4 is 10.2 Å². The van der Waals surface area contributed by atoms with Crippen LogP contribution in [0.1, 0.15) is 16.3 Å². The molecule has 0 bridgehead atoms. The molecule has 2 heterocycles. The molecular weight excluding hydrogens is 332 g/mol. The van der Waals surface area contributed by atoms with E-state index in [9.17, 15) is 9.59 Å². The van der Waals surface area contributed by atoms with Crippen LogP contribution in [0, 0.1) is 6.92 Å². The number of thiazole rings is 1. The highest BCUT2D eigenvalue weighted by Crippen LogP contribution is 2.18. The average Bonchev–Trinajstić information content (AvgIpc) is 3.09. The predicted octanol–water partition coefficient (Wildman–Crippen LogP) is 2.30. The number of benzene rings is 1. The van der Waals surface area contributed by atoms with Crippen LogP contribution in [0.5, 0.6) is 0 Å². The highest BCUT2D eigenvalue weighted by molar-refractivity contribution is 7.15. The largest absolute Gasteiger partial charge is 0.307 e. The average molecular weight is 346 g/mol. The maximum absolute atomic E-state index is 12.0. The maximum atomic E-state index is 12.0. The minimum Gasteiger partial charge on any atom is -0.299 e. The molecule has 118 valence electrons. The molecule has 1 amide bonds. The fourth-order valence-electron chi connectivity index (χ4n) is 2.04. The number of anilines is 1. The first-order valence-corrected chi connectivity index (χ1v) is 8.62. The number of aryl methyl sites for hydroxylation is 1. The molecule has 8 heteroatoms. The summed E-state index contributed by atoms with van der Waals surface area (Å²) >= 11 is 2.42. The lowest BCUT2D eigenvalue weighted by molar-refractivity contribution is -0.116. The molecule has 2 aromatic heterocycles. The van der Waals surface area contributed by atoms with Crippen molar-refractivity contribution in [2.24, 2.45) is 0 Å². The van der Waals surface area contributed by atoms with Gasteiger partial charge in [-0.25, -0.2) is 0 Å². The Morgan fingerprint density at radius 1 is 1.26 bits per heavy atom. The topological polar surface area (TPSA) is 76.9 Å². The van der Waals surface area contributed by atoms with Gasteiger partial charge in [-0.2, -0.15) is 0 Å². The number of rotatable bonds is 5. The molecule has 1 N–H and O–H groups in total. The van der Waals surface area contributed by atoms with Crippen molar-refractivity contribution in [1.29, 1.82) is 0 Å². The molecule has 0 aliphatic carbocycles. The summed E-state index contributed by atoms with van der Waals surface area (Å²) < 4.78 is 1.44. The second kappa shape index (κ2) is 6.84. The van der Waals surface area contributed by atoms with E-state index in [2.05, 4.69) is 15.5 Å². The van der Waals surface area contributed by atoms with Gasteiger partial charge in [-0.3, -0.25) is 19.5 Å². The van der Waals surface area contributed by atoms with Gasteiger partial charge in [0.15, 0.2) is 0 Å². The SMILES string of the molecule is Cc1csc(=O)n1CC(=O)Nc1nnc(Cc2ccccc2)s1. The van der Waals surface area contributed by atoms with Gasteiger partial charge in [0.25, 0.3) is 0 Å². The minimum absolute atomic E-state index is 0.0121. The second-order valence-electron chi connectivity index (χ2n) is 4.94. The van der Waals surface area contributed by atoms with Crippen molar-refractivity contribution >= 4 is 33.7 Å². The van der Waals surface area contributed by atoms with Crippen LogP contribution >= 0.6 is 22.7 Å². The van der Waals surface area contributed by atoms with Crippen LogP contribution in [0.15, 0.2) is 40.5 Å². The van der Waals surface area contributed by atoms with E-state index in [1.807, 2.05) is 30.3 Å². The fraction of sp³-hybridized carbons (Fsp3) is 0.200. The van der Waals surface area contributed by atoms with Gasteiger partial charge in [0.1, 0.15) is 11.6 Å². The smallest absolute Gasteiger partial charge is 0.299 e. The molecule has 0 fully saturated rings. The van der Waals surface area contributed by atoms with E-state index in [1.54, 1.807) is 12.3 Å². The van der Waals surface area contributed by atoms with Gasteiger partial charge in [0.2, 0.25) is 11.0 Å². The van der Waals surface area contributed by atoms with E-state index in [0.717, 1.165) is 27.6 Å².